The SMILES string of the molecule is O=C(NCCc1cccc(C(F)(F)F)c1Cl)C1CC1. The fraction of sp³-hybridized carbons (Fsp3) is 0.462. The molecule has 0 aliphatic heterocycles. The number of amides is 1. The first kappa shape index (κ1) is 14.2. The van der Waals surface area contributed by atoms with Gasteiger partial charge in [0.25, 0.3) is 0 Å². The number of alkyl halides is 3. The van der Waals surface area contributed by atoms with Gasteiger partial charge in [-0.05, 0) is 30.9 Å². The molecular weight excluding hydrogens is 279 g/mol. The number of benzene rings is 1. The van der Waals surface area contributed by atoms with Gasteiger partial charge in [0.1, 0.15) is 0 Å². The van der Waals surface area contributed by atoms with E-state index in [1.807, 2.05) is 0 Å². The third-order valence-corrected chi connectivity index (χ3v) is 3.47. The van der Waals surface area contributed by atoms with Gasteiger partial charge >= 0.3 is 6.18 Å². The number of carbonyl (C=O) groups excluding carboxylic acids is 1. The Kier molecular flexibility index (Phi) is 4.04. The Hall–Kier alpha value is -1.23. The van der Waals surface area contributed by atoms with Crippen molar-refractivity contribution in [3.05, 3.63) is 34.3 Å². The molecule has 6 heteroatoms. The van der Waals surface area contributed by atoms with Crippen molar-refractivity contribution in [2.45, 2.75) is 25.4 Å². The van der Waals surface area contributed by atoms with E-state index in [2.05, 4.69) is 5.32 Å². The molecule has 0 saturated heterocycles. The summed E-state index contributed by atoms with van der Waals surface area (Å²) in [6.07, 6.45) is -2.36. The number of hydrogen-bond donors (Lipinski definition) is 1. The van der Waals surface area contributed by atoms with Gasteiger partial charge in [-0.15, -0.1) is 0 Å². The monoisotopic (exact) mass is 291 g/mol. The van der Waals surface area contributed by atoms with Crippen molar-refractivity contribution < 1.29 is 18.0 Å². The molecule has 0 spiro atoms. The molecule has 0 atom stereocenters. The number of rotatable bonds is 4. The van der Waals surface area contributed by atoms with Crippen molar-refractivity contribution in [3.8, 4) is 0 Å². The van der Waals surface area contributed by atoms with Crippen molar-refractivity contribution in [3.63, 3.8) is 0 Å². The quantitative estimate of drug-likeness (QED) is 0.905. The van der Waals surface area contributed by atoms with Crippen LogP contribution in [0.4, 0.5) is 13.2 Å². The van der Waals surface area contributed by atoms with E-state index >= 15 is 0 Å². The summed E-state index contributed by atoms with van der Waals surface area (Å²) < 4.78 is 37.9. The summed E-state index contributed by atoms with van der Waals surface area (Å²) in [5.41, 5.74) is -0.437. The minimum atomic E-state index is -4.45. The second-order valence-electron chi connectivity index (χ2n) is 4.59. The summed E-state index contributed by atoms with van der Waals surface area (Å²) >= 11 is 5.75. The summed E-state index contributed by atoms with van der Waals surface area (Å²) in [7, 11) is 0. The standard InChI is InChI=1S/C13H13ClF3NO/c14-11-8(2-1-3-10(11)13(15,16)17)6-7-18-12(19)9-4-5-9/h1-3,9H,4-7H2,(H,18,19). The summed E-state index contributed by atoms with van der Waals surface area (Å²) in [6.45, 7) is 0.302. The smallest absolute Gasteiger partial charge is 0.356 e. The van der Waals surface area contributed by atoms with Gasteiger partial charge in [-0.1, -0.05) is 23.7 Å². The molecule has 0 bridgehead atoms. The summed E-state index contributed by atoms with van der Waals surface area (Å²) in [6, 6.07) is 3.82. The van der Waals surface area contributed by atoms with Gasteiger partial charge in [-0.3, -0.25) is 4.79 Å². The summed E-state index contributed by atoms with van der Waals surface area (Å²) in [4.78, 5) is 11.4. The van der Waals surface area contributed by atoms with Crippen LogP contribution in [0.1, 0.15) is 24.0 Å². The summed E-state index contributed by atoms with van der Waals surface area (Å²) in [5, 5.41) is 2.42. The van der Waals surface area contributed by atoms with Crippen LogP contribution in [0.3, 0.4) is 0 Å². The number of halogens is 4. The van der Waals surface area contributed by atoms with E-state index in [9.17, 15) is 18.0 Å². The van der Waals surface area contributed by atoms with Crippen LogP contribution >= 0.6 is 11.6 Å². The van der Waals surface area contributed by atoms with Crippen molar-refractivity contribution >= 4 is 17.5 Å². The highest BCUT2D eigenvalue weighted by Gasteiger charge is 2.33. The highest BCUT2D eigenvalue weighted by Crippen LogP contribution is 2.36. The Balaban J connectivity index is 1.98. The van der Waals surface area contributed by atoms with Gasteiger partial charge in [0, 0.05) is 12.5 Å². The normalized spacial score (nSPS) is 15.4. The lowest BCUT2D eigenvalue weighted by Crippen LogP contribution is -2.27. The molecule has 0 heterocycles. The zero-order chi connectivity index (χ0) is 14.0. The van der Waals surface area contributed by atoms with Crippen LogP contribution in [0.25, 0.3) is 0 Å². The van der Waals surface area contributed by atoms with Crippen molar-refractivity contribution in [1.82, 2.24) is 5.32 Å². The van der Waals surface area contributed by atoms with Crippen LogP contribution in [-0.4, -0.2) is 12.5 Å². The maximum absolute atomic E-state index is 12.6. The zero-order valence-electron chi connectivity index (χ0n) is 10.1. The van der Waals surface area contributed by atoms with E-state index in [4.69, 9.17) is 11.6 Å². The molecule has 1 aliphatic rings. The number of carbonyl (C=O) groups is 1. The van der Waals surface area contributed by atoms with E-state index in [1.165, 1.54) is 6.07 Å². The predicted molar refractivity (Wildman–Crippen MR) is 65.9 cm³/mol. The van der Waals surface area contributed by atoms with Crippen molar-refractivity contribution in [2.75, 3.05) is 6.54 Å². The minimum Gasteiger partial charge on any atom is -0.356 e. The Labute approximate surface area is 113 Å². The van der Waals surface area contributed by atoms with E-state index in [-0.39, 0.29) is 16.8 Å². The van der Waals surface area contributed by atoms with Gasteiger partial charge in [0.2, 0.25) is 5.91 Å². The topological polar surface area (TPSA) is 29.1 Å². The van der Waals surface area contributed by atoms with Gasteiger partial charge in [-0.25, -0.2) is 0 Å². The molecule has 0 unspecified atom stereocenters. The van der Waals surface area contributed by atoms with Crippen LogP contribution in [0.15, 0.2) is 18.2 Å². The van der Waals surface area contributed by atoms with Gasteiger partial charge in [0.05, 0.1) is 10.6 Å². The molecule has 1 aromatic carbocycles. The highest BCUT2D eigenvalue weighted by atomic mass is 35.5. The average Bonchev–Trinajstić information content (AvgIpc) is 3.13. The number of nitrogens with one attached hydrogen (secondary N) is 1. The van der Waals surface area contributed by atoms with Crippen LogP contribution in [-0.2, 0) is 17.4 Å². The Morgan fingerprint density at radius 1 is 1.37 bits per heavy atom. The van der Waals surface area contributed by atoms with E-state index in [0.717, 1.165) is 18.9 Å². The lowest BCUT2D eigenvalue weighted by atomic mass is 10.1. The molecule has 1 amide bonds. The van der Waals surface area contributed by atoms with E-state index in [1.54, 1.807) is 6.07 Å². The molecule has 1 N–H and O–H groups in total. The molecular formula is C13H13ClF3NO. The first-order valence-corrected chi connectivity index (χ1v) is 6.39. The molecule has 2 rings (SSSR count). The maximum atomic E-state index is 12.6. The van der Waals surface area contributed by atoms with Gasteiger partial charge < -0.3 is 5.32 Å². The molecule has 2 nitrogen and oxygen atoms in total. The zero-order valence-corrected chi connectivity index (χ0v) is 10.8. The van der Waals surface area contributed by atoms with Crippen molar-refractivity contribution in [2.24, 2.45) is 5.92 Å². The minimum absolute atomic E-state index is 0.0249. The fourth-order valence-electron chi connectivity index (χ4n) is 1.80. The molecule has 19 heavy (non-hydrogen) atoms. The lowest BCUT2D eigenvalue weighted by Gasteiger charge is -2.12. The summed E-state index contributed by atoms with van der Waals surface area (Å²) in [5.74, 6) is 0.0695. The molecule has 1 aliphatic carbocycles. The maximum Gasteiger partial charge on any atom is 0.417 e. The van der Waals surface area contributed by atoms with Crippen LogP contribution in [0.5, 0.6) is 0 Å². The van der Waals surface area contributed by atoms with Gasteiger partial charge in [0.15, 0.2) is 0 Å². The third kappa shape index (κ3) is 3.62. The Morgan fingerprint density at radius 2 is 2.05 bits per heavy atom. The molecule has 1 aromatic rings. The number of hydrogen-bond acceptors (Lipinski definition) is 1. The van der Waals surface area contributed by atoms with E-state index < -0.39 is 11.7 Å². The Bertz CT molecular complexity index is 483. The molecule has 0 radical (unpaired) electrons. The predicted octanol–water partition coefficient (Wildman–Crippen LogP) is 3.43. The van der Waals surface area contributed by atoms with Crippen LogP contribution in [0.2, 0.25) is 5.02 Å². The first-order chi connectivity index (χ1) is 8.89. The average molecular weight is 292 g/mol. The van der Waals surface area contributed by atoms with E-state index in [0.29, 0.717) is 18.5 Å². The van der Waals surface area contributed by atoms with Crippen LogP contribution in [0, 0.1) is 5.92 Å². The molecule has 104 valence electrons. The Morgan fingerprint density at radius 3 is 2.63 bits per heavy atom. The largest absolute Gasteiger partial charge is 0.417 e. The highest BCUT2D eigenvalue weighted by molar-refractivity contribution is 6.32. The second-order valence-corrected chi connectivity index (χ2v) is 4.97. The lowest BCUT2D eigenvalue weighted by molar-refractivity contribution is -0.137. The fourth-order valence-corrected chi connectivity index (χ4v) is 2.13. The van der Waals surface area contributed by atoms with Gasteiger partial charge in [-0.2, -0.15) is 13.2 Å². The second kappa shape index (κ2) is 5.41. The van der Waals surface area contributed by atoms with Crippen molar-refractivity contribution in [1.29, 1.82) is 0 Å². The third-order valence-electron chi connectivity index (χ3n) is 3.03. The molecule has 1 fully saturated rings. The first-order valence-electron chi connectivity index (χ1n) is 6.02. The molecule has 0 aromatic heterocycles. The molecule has 1 saturated carbocycles. The van der Waals surface area contributed by atoms with Crippen LogP contribution < -0.4 is 5.32 Å².